The number of carbonyl (C=O) groups excluding carboxylic acids is 1. The van der Waals surface area contributed by atoms with E-state index in [1.807, 2.05) is 58.7 Å². The zero-order valence-corrected chi connectivity index (χ0v) is 19.6. The van der Waals surface area contributed by atoms with Crippen LogP contribution in [0, 0.1) is 6.92 Å². The molecule has 0 saturated carbocycles. The Morgan fingerprint density at radius 3 is 2.73 bits per heavy atom. The molecule has 0 unspecified atom stereocenters. The number of nitrogens with zero attached hydrogens (tertiary/aromatic N) is 4. The van der Waals surface area contributed by atoms with Crippen molar-refractivity contribution in [1.82, 2.24) is 14.7 Å². The molecule has 1 fully saturated rings. The topological polar surface area (TPSA) is 41.4 Å². The molecule has 1 saturated heterocycles. The molecule has 0 spiro atoms. The van der Waals surface area contributed by atoms with Gasteiger partial charge in [0.1, 0.15) is 5.69 Å². The normalized spacial score (nSPS) is 20.0. The molecule has 0 N–H and O–H groups in total. The van der Waals surface area contributed by atoms with Crippen molar-refractivity contribution in [1.29, 1.82) is 0 Å². The van der Waals surface area contributed by atoms with E-state index in [9.17, 15) is 4.79 Å². The summed E-state index contributed by atoms with van der Waals surface area (Å²) < 4.78 is 1.83. The number of likely N-dealkylation sites (tertiary alicyclic amines) is 1. The molecular formula is C27H26N4OS. The van der Waals surface area contributed by atoms with Crippen LogP contribution in [-0.4, -0.2) is 46.8 Å². The molecule has 2 aliphatic heterocycles. The molecule has 2 aromatic heterocycles. The first kappa shape index (κ1) is 20.4. The Hall–Kier alpha value is -3.22. The number of rotatable bonds is 3. The smallest absolute Gasteiger partial charge is 0.262 e. The van der Waals surface area contributed by atoms with Gasteiger partial charge in [-0.1, -0.05) is 42.0 Å². The van der Waals surface area contributed by atoms with Gasteiger partial charge in [-0.2, -0.15) is 5.10 Å². The fourth-order valence-corrected chi connectivity index (χ4v) is 6.04. The second kappa shape index (κ2) is 7.97. The number of benzene rings is 2. The Kier molecular flexibility index (Phi) is 4.93. The SMILES string of the molecule is Cc1ccc2c(c1)[C@@H]1CN(C)CC[C@H]1N2C(=O)c1cn(-c2ccccc2)nc1-c1cccs1. The lowest BCUT2D eigenvalue weighted by molar-refractivity contribution is 0.0965. The average Bonchev–Trinajstić information content (AvgIpc) is 3.56. The Labute approximate surface area is 197 Å². The number of aromatic nitrogens is 2. The Balaban J connectivity index is 1.48. The highest BCUT2D eigenvalue weighted by molar-refractivity contribution is 7.13. The second-order valence-corrected chi connectivity index (χ2v) is 10.1. The zero-order valence-electron chi connectivity index (χ0n) is 18.8. The standard InChI is InChI=1S/C27H26N4OS/c1-18-10-11-23-20(15-18)21-16-29(2)13-12-24(21)31(23)27(32)22-17-30(19-7-4-3-5-8-19)28-26(22)25-9-6-14-33-25/h3-11,14-15,17,21,24H,12-13,16H2,1-2H3/t21-,24+/m0/s1. The van der Waals surface area contributed by atoms with Crippen LogP contribution in [-0.2, 0) is 0 Å². The van der Waals surface area contributed by atoms with E-state index >= 15 is 0 Å². The van der Waals surface area contributed by atoms with Gasteiger partial charge in [0.05, 0.1) is 16.1 Å². The molecule has 0 aliphatic carbocycles. The first-order chi connectivity index (χ1) is 16.1. The summed E-state index contributed by atoms with van der Waals surface area (Å²) in [4.78, 5) is 19.7. The Bertz CT molecular complexity index is 1310. The highest BCUT2D eigenvalue weighted by Gasteiger charge is 2.44. The minimum Gasteiger partial charge on any atom is -0.306 e. The van der Waals surface area contributed by atoms with E-state index in [2.05, 4.69) is 42.0 Å². The molecule has 6 rings (SSSR count). The maximum Gasteiger partial charge on any atom is 0.262 e. The van der Waals surface area contributed by atoms with Gasteiger partial charge in [0.15, 0.2) is 0 Å². The van der Waals surface area contributed by atoms with E-state index in [4.69, 9.17) is 5.10 Å². The van der Waals surface area contributed by atoms with Gasteiger partial charge >= 0.3 is 0 Å². The summed E-state index contributed by atoms with van der Waals surface area (Å²) in [5, 5.41) is 6.91. The van der Waals surface area contributed by atoms with Gasteiger partial charge in [-0.3, -0.25) is 4.79 Å². The number of fused-ring (bicyclic) bond motifs is 3. The molecule has 2 atom stereocenters. The van der Waals surface area contributed by atoms with Crippen LogP contribution in [0.1, 0.15) is 33.8 Å². The molecule has 6 heteroatoms. The third-order valence-electron chi connectivity index (χ3n) is 6.89. The maximum atomic E-state index is 14.3. The largest absolute Gasteiger partial charge is 0.306 e. The number of carbonyl (C=O) groups is 1. The number of thiophene rings is 1. The quantitative estimate of drug-likeness (QED) is 0.419. The summed E-state index contributed by atoms with van der Waals surface area (Å²) in [7, 11) is 2.18. The van der Waals surface area contributed by atoms with Crippen LogP contribution in [0.4, 0.5) is 5.69 Å². The van der Waals surface area contributed by atoms with E-state index in [0.29, 0.717) is 11.5 Å². The van der Waals surface area contributed by atoms with Gasteiger partial charge in [0.2, 0.25) is 0 Å². The summed E-state index contributed by atoms with van der Waals surface area (Å²) in [6.07, 6.45) is 2.88. The summed E-state index contributed by atoms with van der Waals surface area (Å²) in [5.41, 5.74) is 5.96. The summed E-state index contributed by atoms with van der Waals surface area (Å²) in [5.74, 6) is 0.389. The maximum absolute atomic E-state index is 14.3. The number of likely N-dealkylation sites (N-methyl/N-ethyl adjacent to an activating group) is 1. The number of amides is 1. The number of piperidine rings is 1. The fraction of sp³-hybridized carbons (Fsp3) is 0.259. The highest BCUT2D eigenvalue weighted by atomic mass is 32.1. The van der Waals surface area contributed by atoms with Crippen molar-refractivity contribution in [3.05, 3.63) is 88.9 Å². The van der Waals surface area contributed by atoms with Gasteiger partial charge in [0, 0.05) is 30.4 Å². The lowest BCUT2D eigenvalue weighted by atomic mass is 9.88. The molecule has 166 valence electrons. The molecular weight excluding hydrogens is 428 g/mol. The van der Waals surface area contributed by atoms with Gasteiger partial charge in [-0.25, -0.2) is 4.68 Å². The molecule has 2 aromatic carbocycles. The van der Waals surface area contributed by atoms with Crippen LogP contribution in [0.3, 0.4) is 0 Å². The lowest BCUT2D eigenvalue weighted by Crippen LogP contribution is -2.47. The molecule has 5 nitrogen and oxygen atoms in total. The summed E-state index contributed by atoms with van der Waals surface area (Å²) in [6.45, 7) is 4.11. The number of hydrogen-bond acceptors (Lipinski definition) is 4. The predicted octanol–water partition coefficient (Wildman–Crippen LogP) is 5.36. The van der Waals surface area contributed by atoms with Crippen LogP contribution >= 0.6 is 11.3 Å². The van der Waals surface area contributed by atoms with Crippen molar-refractivity contribution >= 4 is 22.9 Å². The number of para-hydroxylation sites is 1. The van der Waals surface area contributed by atoms with Crippen LogP contribution in [0.25, 0.3) is 16.3 Å². The minimum atomic E-state index is 0.0442. The van der Waals surface area contributed by atoms with E-state index < -0.39 is 0 Å². The molecule has 33 heavy (non-hydrogen) atoms. The molecule has 0 bridgehead atoms. The van der Waals surface area contributed by atoms with Gasteiger partial charge in [-0.15, -0.1) is 11.3 Å². The zero-order chi connectivity index (χ0) is 22.5. The van der Waals surface area contributed by atoms with Crippen molar-refractivity contribution in [2.24, 2.45) is 0 Å². The van der Waals surface area contributed by atoms with E-state index in [1.165, 1.54) is 11.1 Å². The predicted molar refractivity (Wildman–Crippen MR) is 134 cm³/mol. The van der Waals surface area contributed by atoms with Crippen molar-refractivity contribution < 1.29 is 4.79 Å². The second-order valence-electron chi connectivity index (χ2n) is 9.11. The first-order valence-electron chi connectivity index (χ1n) is 11.4. The third-order valence-corrected chi connectivity index (χ3v) is 7.77. The number of anilines is 1. The van der Waals surface area contributed by atoms with E-state index in [0.717, 1.165) is 41.5 Å². The molecule has 1 amide bonds. The summed E-state index contributed by atoms with van der Waals surface area (Å²) >= 11 is 1.62. The van der Waals surface area contributed by atoms with Crippen LogP contribution in [0.2, 0.25) is 0 Å². The van der Waals surface area contributed by atoms with Crippen LogP contribution < -0.4 is 4.90 Å². The Morgan fingerprint density at radius 1 is 1.09 bits per heavy atom. The number of aryl methyl sites for hydroxylation is 1. The van der Waals surface area contributed by atoms with Crippen molar-refractivity contribution in [3.63, 3.8) is 0 Å². The minimum absolute atomic E-state index is 0.0442. The van der Waals surface area contributed by atoms with E-state index in [1.54, 1.807) is 11.3 Å². The first-order valence-corrected chi connectivity index (χ1v) is 12.3. The van der Waals surface area contributed by atoms with Gasteiger partial charge in [0.25, 0.3) is 5.91 Å². The van der Waals surface area contributed by atoms with Crippen molar-refractivity contribution in [3.8, 4) is 16.3 Å². The summed E-state index contributed by atoms with van der Waals surface area (Å²) in [6, 6.07) is 20.8. The average molecular weight is 455 g/mol. The van der Waals surface area contributed by atoms with Crippen LogP contribution in [0.5, 0.6) is 0 Å². The molecule has 4 aromatic rings. The highest BCUT2D eigenvalue weighted by Crippen LogP contribution is 2.46. The lowest BCUT2D eigenvalue weighted by Gasteiger charge is -2.36. The molecule has 4 heterocycles. The van der Waals surface area contributed by atoms with Gasteiger partial charge in [-0.05, 0) is 62.1 Å². The molecule has 2 aliphatic rings. The molecule has 0 radical (unpaired) electrons. The fourth-order valence-electron chi connectivity index (χ4n) is 5.31. The van der Waals surface area contributed by atoms with Crippen molar-refractivity contribution in [2.75, 3.05) is 25.0 Å². The Morgan fingerprint density at radius 2 is 1.94 bits per heavy atom. The van der Waals surface area contributed by atoms with E-state index in [-0.39, 0.29) is 11.9 Å². The van der Waals surface area contributed by atoms with Gasteiger partial charge < -0.3 is 9.80 Å². The monoisotopic (exact) mass is 454 g/mol. The van der Waals surface area contributed by atoms with Crippen LogP contribution in [0.15, 0.2) is 72.2 Å². The third kappa shape index (κ3) is 3.41. The number of hydrogen-bond donors (Lipinski definition) is 0. The van der Waals surface area contributed by atoms with Crippen molar-refractivity contribution in [2.45, 2.75) is 25.3 Å².